The summed E-state index contributed by atoms with van der Waals surface area (Å²) in [6, 6.07) is 0.753. The van der Waals surface area contributed by atoms with Crippen LogP contribution in [0.5, 0.6) is 0 Å². The summed E-state index contributed by atoms with van der Waals surface area (Å²) in [4.78, 5) is 2.57. The fourth-order valence-corrected chi connectivity index (χ4v) is 3.45. The quantitative estimate of drug-likeness (QED) is 0.829. The lowest BCUT2D eigenvalue weighted by Gasteiger charge is -2.42. The van der Waals surface area contributed by atoms with Gasteiger partial charge in [-0.2, -0.15) is 0 Å². The van der Waals surface area contributed by atoms with E-state index in [9.17, 15) is 0 Å². The Morgan fingerprint density at radius 1 is 1.11 bits per heavy atom. The minimum absolute atomic E-state index is 0.255. The zero-order chi connectivity index (χ0) is 13.7. The summed E-state index contributed by atoms with van der Waals surface area (Å²) < 4.78 is 5.45. The van der Waals surface area contributed by atoms with Crippen LogP contribution in [0.3, 0.4) is 0 Å². The third kappa shape index (κ3) is 4.44. The van der Waals surface area contributed by atoms with Gasteiger partial charge in [-0.05, 0) is 45.4 Å². The molecule has 2 aliphatic rings. The predicted molar refractivity (Wildman–Crippen MR) is 80.5 cm³/mol. The lowest BCUT2D eigenvalue weighted by atomic mass is 9.84. The normalized spacial score (nSPS) is 30.5. The van der Waals surface area contributed by atoms with Gasteiger partial charge in [-0.25, -0.2) is 0 Å². The summed E-state index contributed by atoms with van der Waals surface area (Å²) in [5.74, 6) is 0.991. The molecule has 0 unspecified atom stereocenters. The van der Waals surface area contributed by atoms with Gasteiger partial charge in [-0.15, -0.1) is 0 Å². The Balaban J connectivity index is 1.71. The van der Waals surface area contributed by atoms with E-state index in [0.717, 1.165) is 44.8 Å². The molecular weight excluding hydrogens is 236 g/mol. The average Bonchev–Trinajstić information content (AvgIpc) is 2.47. The first-order valence-corrected chi connectivity index (χ1v) is 8.18. The maximum absolute atomic E-state index is 5.45. The summed E-state index contributed by atoms with van der Waals surface area (Å²) in [5, 5.41) is 3.82. The van der Waals surface area contributed by atoms with Gasteiger partial charge in [-0.3, -0.25) is 4.90 Å². The van der Waals surface area contributed by atoms with Gasteiger partial charge in [0.15, 0.2) is 0 Å². The zero-order valence-corrected chi connectivity index (χ0v) is 13.1. The van der Waals surface area contributed by atoms with Crippen LogP contribution in [0.1, 0.15) is 52.9 Å². The largest absolute Gasteiger partial charge is 0.379 e. The lowest BCUT2D eigenvalue weighted by molar-refractivity contribution is -0.0108. The van der Waals surface area contributed by atoms with Gasteiger partial charge in [0.1, 0.15) is 0 Å². The molecule has 3 heteroatoms. The lowest BCUT2D eigenvalue weighted by Crippen LogP contribution is -2.56. The Bertz CT molecular complexity index is 253. The van der Waals surface area contributed by atoms with Crippen LogP contribution < -0.4 is 5.32 Å². The summed E-state index contributed by atoms with van der Waals surface area (Å²) in [6.45, 7) is 12.1. The molecule has 1 aliphatic heterocycles. The van der Waals surface area contributed by atoms with Gasteiger partial charge in [0.05, 0.1) is 13.2 Å². The Morgan fingerprint density at radius 3 is 2.32 bits per heavy atom. The van der Waals surface area contributed by atoms with Gasteiger partial charge in [0, 0.05) is 31.2 Å². The van der Waals surface area contributed by atoms with Crippen molar-refractivity contribution in [2.24, 2.45) is 5.92 Å². The summed E-state index contributed by atoms with van der Waals surface area (Å²) in [5.41, 5.74) is 0.255. The molecule has 0 aromatic rings. The van der Waals surface area contributed by atoms with E-state index >= 15 is 0 Å². The SMILES string of the molecule is CCC1CCC(NCC(C)(C)N2CCOCC2)CC1. The van der Waals surface area contributed by atoms with E-state index in [0.29, 0.717) is 0 Å². The van der Waals surface area contributed by atoms with E-state index in [2.05, 4.69) is 31.0 Å². The minimum atomic E-state index is 0.255. The van der Waals surface area contributed by atoms with E-state index in [-0.39, 0.29) is 5.54 Å². The van der Waals surface area contributed by atoms with Crippen molar-refractivity contribution in [3.05, 3.63) is 0 Å². The molecule has 1 saturated heterocycles. The number of hydrogen-bond donors (Lipinski definition) is 1. The molecule has 112 valence electrons. The van der Waals surface area contributed by atoms with Crippen LogP contribution in [0.15, 0.2) is 0 Å². The van der Waals surface area contributed by atoms with Crippen LogP contribution in [0.2, 0.25) is 0 Å². The van der Waals surface area contributed by atoms with Crippen LogP contribution >= 0.6 is 0 Å². The van der Waals surface area contributed by atoms with E-state index < -0.39 is 0 Å². The molecular formula is C16H32N2O. The van der Waals surface area contributed by atoms with Crippen LogP contribution in [0.25, 0.3) is 0 Å². The predicted octanol–water partition coefficient (Wildman–Crippen LogP) is 2.66. The number of ether oxygens (including phenoxy) is 1. The molecule has 0 radical (unpaired) electrons. The molecule has 0 spiro atoms. The van der Waals surface area contributed by atoms with Crippen molar-refractivity contribution in [3.63, 3.8) is 0 Å². The number of nitrogens with zero attached hydrogens (tertiary/aromatic N) is 1. The van der Waals surface area contributed by atoms with Gasteiger partial charge < -0.3 is 10.1 Å². The molecule has 19 heavy (non-hydrogen) atoms. The summed E-state index contributed by atoms with van der Waals surface area (Å²) in [6.07, 6.45) is 6.96. The Hall–Kier alpha value is -0.120. The van der Waals surface area contributed by atoms with Crippen molar-refractivity contribution in [1.29, 1.82) is 0 Å². The van der Waals surface area contributed by atoms with Gasteiger partial charge >= 0.3 is 0 Å². The fraction of sp³-hybridized carbons (Fsp3) is 1.00. The summed E-state index contributed by atoms with van der Waals surface area (Å²) in [7, 11) is 0. The minimum Gasteiger partial charge on any atom is -0.379 e. The van der Waals surface area contributed by atoms with Crippen LogP contribution in [-0.2, 0) is 4.74 Å². The van der Waals surface area contributed by atoms with E-state index in [1.807, 2.05) is 0 Å². The molecule has 2 rings (SSSR count). The Kier molecular flexibility index (Phi) is 5.67. The standard InChI is InChI=1S/C16H32N2O/c1-4-14-5-7-15(8-6-14)17-13-16(2,3)18-9-11-19-12-10-18/h14-15,17H,4-13H2,1-3H3. The zero-order valence-electron chi connectivity index (χ0n) is 13.1. The molecule has 1 saturated carbocycles. The third-order valence-electron chi connectivity index (χ3n) is 5.11. The molecule has 2 fully saturated rings. The average molecular weight is 268 g/mol. The Morgan fingerprint density at radius 2 is 1.74 bits per heavy atom. The first-order valence-electron chi connectivity index (χ1n) is 8.18. The monoisotopic (exact) mass is 268 g/mol. The van der Waals surface area contributed by atoms with Crippen LogP contribution in [0, 0.1) is 5.92 Å². The van der Waals surface area contributed by atoms with Gasteiger partial charge in [0.2, 0.25) is 0 Å². The van der Waals surface area contributed by atoms with Crippen molar-refractivity contribution >= 4 is 0 Å². The summed E-state index contributed by atoms with van der Waals surface area (Å²) >= 11 is 0. The maximum atomic E-state index is 5.45. The number of hydrogen-bond acceptors (Lipinski definition) is 3. The highest BCUT2D eigenvalue weighted by molar-refractivity contribution is 4.87. The van der Waals surface area contributed by atoms with Crippen molar-refractivity contribution in [2.75, 3.05) is 32.8 Å². The van der Waals surface area contributed by atoms with Crippen molar-refractivity contribution in [2.45, 2.75) is 64.5 Å². The smallest absolute Gasteiger partial charge is 0.0594 e. The Labute approximate surface area is 119 Å². The van der Waals surface area contributed by atoms with Crippen molar-refractivity contribution in [3.8, 4) is 0 Å². The molecule has 0 aromatic carbocycles. The number of rotatable bonds is 5. The number of morpholine rings is 1. The fourth-order valence-electron chi connectivity index (χ4n) is 3.45. The van der Waals surface area contributed by atoms with E-state index in [4.69, 9.17) is 4.74 Å². The van der Waals surface area contributed by atoms with E-state index in [1.165, 1.54) is 32.1 Å². The molecule has 0 aromatic heterocycles. The first kappa shape index (κ1) is 15.3. The molecule has 1 aliphatic carbocycles. The van der Waals surface area contributed by atoms with Crippen molar-refractivity contribution < 1.29 is 4.74 Å². The highest BCUT2D eigenvalue weighted by Crippen LogP contribution is 2.27. The van der Waals surface area contributed by atoms with Crippen LogP contribution in [0.4, 0.5) is 0 Å². The molecule has 0 atom stereocenters. The van der Waals surface area contributed by atoms with E-state index in [1.54, 1.807) is 0 Å². The molecule has 0 bridgehead atoms. The van der Waals surface area contributed by atoms with Crippen molar-refractivity contribution in [1.82, 2.24) is 10.2 Å². The van der Waals surface area contributed by atoms with Gasteiger partial charge in [-0.1, -0.05) is 13.3 Å². The van der Waals surface area contributed by atoms with Crippen LogP contribution in [-0.4, -0.2) is 49.3 Å². The third-order valence-corrected chi connectivity index (χ3v) is 5.11. The second-order valence-electron chi connectivity index (χ2n) is 6.92. The second kappa shape index (κ2) is 7.05. The topological polar surface area (TPSA) is 24.5 Å². The highest BCUT2D eigenvalue weighted by atomic mass is 16.5. The highest BCUT2D eigenvalue weighted by Gasteiger charge is 2.29. The first-order chi connectivity index (χ1) is 9.12. The second-order valence-corrected chi connectivity index (χ2v) is 6.92. The molecule has 1 N–H and O–H groups in total. The molecule has 0 amide bonds. The molecule has 1 heterocycles. The van der Waals surface area contributed by atoms with Gasteiger partial charge in [0.25, 0.3) is 0 Å². The maximum Gasteiger partial charge on any atom is 0.0594 e. The number of nitrogens with one attached hydrogen (secondary N) is 1. The molecule has 3 nitrogen and oxygen atoms in total.